The fraction of sp³-hybridized carbons (Fsp3) is 0.0444. The highest BCUT2D eigenvalue weighted by atomic mass is 15.2. The van der Waals surface area contributed by atoms with Crippen LogP contribution in [0.5, 0.6) is 0 Å². The predicted molar refractivity (Wildman–Crippen MR) is 382 cm³/mol. The van der Waals surface area contributed by atoms with Crippen molar-refractivity contribution >= 4 is 55.7 Å². The first-order valence-corrected chi connectivity index (χ1v) is 32.3. The largest absolute Gasteiger partial charge is 0.310 e. The second-order valence-corrected chi connectivity index (χ2v) is 25.3. The summed E-state index contributed by atoms with van der Waals surface area (Å²) in [5.41, 5.74) is 31.1. The lowest BCUT2D eigenvalue weighted by Crippen LogP contribution is -2.28. The molecule has 4 aliphatic rings. The van der Waals surface area contributed by atoms with Crippen molar-refractivity contribution in [3.63, 3.8) is 0 Å². The van der Waals surface area contributed by atoms with Crippen LogP contribution in [0.2, 0.25) is 0 Å². The molecule has 0 radical (unpaired) electrons. The molecule has 0 aromatic heterocycles. The molecule has 2 aliphatic carbocycles. The van der Waals surface area contributed by atoms with E-state index >= 15 is 0 Å². The summed E-state index contributed by atoms with van der Waals surface area (Å²) < 4.78 is 0. The number of para-hydroxylation sites is 4. The van der Waals surface area contributed by atoms with E-state index in [4.69, 9.17) is 0 Å². The molecular weight excluding hydrogens is 1110 g/mol. The molecule has 0 spiro atoms. The van der Waals surface area contributed by atoms with E-state index in [-0.39, 0.29) is 0 Å². The van der Waals surface area contributed by atoms with Gasteiger partial charge in [-0.3, -0.25) is 0 Å². The highest BCUT2D eigenvalue weighted by Gasteiger charge is 2.48. The molecule has 15 aromatic rings. The van der Waals surface area contributed by atoms with E-state index in [0.717, 1.165) is 24.2 Å². The van der Waals surface area contributed by atoms with Crippen LogP contribution in [0, 0.1) is 0 Å². The van der Waals surface area contributed by atoms with E-state index in [0.29, 0.717) is 0 Å². The fourth-order valence-corrected chi connectivity index (χ4v) is 17.0. The van der Waals surface area contributed by atoms with Crippen molar-refractivity contribution in [2.45, 2.75) is 23.7 Å². The molecule has 0 N–H and O–H groups in total. The van der Waals surface area contributed by atoms with Gasteiger partial charge in [-0.2, -0.15) is 0 Å². The summed E-state index contributed by atoms with van der Waals surface area (Å²) in [6.45, 7) is 0. The van der Waals surface area contributed by atoms with Crippen LogP contribution in [0.1, 0.15) is 66.8 Å². The van der Waals surface area contributed by atoms with Gasteiger partial charge in [0.2, 0.25) is 0 Å². The molecule has 0 amide bonds. The number of anilines is 6. The van der Waals surface area contributed by atoms with Gasteiger partial charge in [-0.1, -0.05) is 279 Å². The lowest BCUT2D eigenvalue weighted by Gasteiger charge is -2.35. The van der Waals surface area contributed by atoms with Crippen LogP contribution in [0.25, 0.3) is 66.1 Å². The predicted octanol–water partition coefficient (Wildman–Crippen LogP) is 22.8. The van der Waals surface area contributed by atoms with Crippen LogP contribution in [0.3, 0.4) is 0 Å². The Morgan fingerprint density at radius 3 is 0.859 bits per heavy atom. The van der Waals surface area contributed by atoms with Crippen molar-refractivity contribution in [3.8, 4) is 44.5 Å². The second kappa shape index (κ2) is 20.5. The molecule has 0 saturated heterocycles. The Kier molecular flexibility index (Phi) is 11.7. The first-order chi connectivity index (χ1) is 45.6. The molecule has 15 aromatic carbocycles. The maximum absolute atomic E-state index is 2.58. The van der Waals surface area contributed by atoms with Crippen LogP contribution in [-0.2, 0) is 23.7 Å². The van der Waals surface area contributed by atoms with Crippen molar-refractivity contribution in [2.75, 3.05) is 9.80 Å². The Balaban J connectivity index is 0.957. The molecule has 0 bridgehead atoms. The zero-order chi connectivity index (χ0) is 60.5. The maximum Gasteiger partial charge on any atom is 0.0713 e. The van der Waals surface area contributed by atoms with Crippen LogP contribution in [0.15, 0.2) is 340 Å². The first kappa shape index (κ1) is 52.4. The average molecular weight is 1170 g/mol. The minimum Gasteiger partial charge on any atom is -0.310 e. The molecule has 2 heteroatoms. The zero-order valence-corrected chi connectivity index (χ0v) is 50.6. The molecular formula is C90H60N2. The Morgan fingerprint density at radius 1 is 0.217 bits per heavy atom. The van der Waals surface area contributed by atoms with Crippen LogP contribution in [-0.4, -0.2) is 0 Å². The third-order valence-electron chi connectivity index (χ3n) is 20.8. The van der Waals surface area contributed by atoms with Crippen LogP contribution in [0.4, 0.5) is 34.1 Å². The van der Waals surface area contributed by atoms with Gasteiger partial charge in [0.25, 0.3) is 0 Å². The molecule has 430 valence electrons. The van der Waals surface area contributed by atoms with E-state index in [1.165, 1.54) is 156 Å². The monoisotopic (exact) mass is 1170 g/mol. The molecule has 92 heavy (non-hydrogen) atoms. The molecule has 0 fully saturated rings. The van der Waals surface area contributed by atoms with Gasteiger partial charge < -0.3 is 9.80 Å². The number of fused-ring (bicyclic) bond motifs is 12. The SMILES string of the molecule is c1ccc(C2(c3ccccc3)c3ccccc3-c3ccc(-c4c5ccc(N6c7ccccc7Cc7ccccc76)cc5c(-c5ccc6c(c5)C(c5ccccc5)(c5ccccc5)c5ccccc5-6)c5ccc(N6c7ccccc7Cc7ccccc76)cc45)cc32)cc1. The number of hydrogen-bond acceptors (Lipinski definition) is 2. The minimum atomic E-state index is -0.601. The summed E-state index contributed by atoms with van der Waals surface area (Å²) in [5.74, 6) is 0. The molecule has 2 heterocycles. The quantitative estimate of drug-likeness (QED) is 0.140. The number of hydrogen-bond donors (Lipinski definition) is 0. The van der Waals surface area contributed by atoms with Gasteiger partial charge in [0, 0.05) is 47.0 Å². The van der Waals surface area contributed by atoms with Gasteiger partial charge >= 0.3 is 0 Å². The van der Waals surface area contributed by atoms with E-state index in [2.05, 4.69) is 350 Å². The molecule has 2 aliphatic heterocycles. The van der Waals surface area contributed by atoms with Gasteiger partial charge in [-0.05, 0) is 193 Å². The second-order valence-electron chi connectivity index (χ2n) is 25.3. The molecule has 19 rings (SSSR count). The summed E-state index contributed by atoms with van der Waals surface area (Å²) in [5, 5.41) is 4.75. The Morgan fingerprint density at radius 2 is 0.511 bits per heavy atom. The van der Waals surface area contributed by atoms with E-state index in [1.807, 2.05) is 0 Å². The average Bonchev–Trinajstić information content (AvgIpc) is 1.49. The van der Waals surface area contributed by atoms with Crippen molar-refractivity contribution in [1.29, 1.82) is 0 Å². The summed E-state index contributed by atoms with van der Waals surface area (Å²) in [4.78, 5) is 5.04. The smallest absolute Gasteiger partial charge is 0.0713 e. The highest BCUT2D eigenvalue weighted by Crippen LogP contribution is 2.61. The lowest BCUT2D eigenvalue weighted by atomic mass is 9.67. The normalized spacial score (nSPS) is 14.1. The van der Waals surface area contributed by atoms with Crippen molar-refractivity contribution in [1.82, 2.24) is 0 Å². The summed E-state index contributed by atoms with van der Waals surface area (Å²) in [7, 11) is 0. The number of benzene rings is 15. The van der Waals surface area contributed by atoms with Gasteiger partial charge in [0.1, 0.15) is 0 Å². The molecule has 2 nitrogen and oxygen atoms in total. The van der Waals surface area contributed by atoms with Crippen molar-refractivity contribution < 1.29 is 0 Å². The van der Waals surface area contributed by atoms with Gasteiger partial charge in [0.15, 0.2) is 0 Å². The van der Waals surface area contributed by atoms with Crippen LogP contribution < -0.4 is 9.80 Å². The third kappa shape index (κ3) is 7.50. The molecule has 0 atom stereocenters. The first-order valence-electron chi connectivity index (χ1n) is 32.3. The Hall–Kier alpha value is -11.6. The van der Waals surface area contributed by atoms with Gasteiger partial charge in [0.05, 0.1) is 10.8 Å². The Labute approximate surface area is 536 Å². The lowest BCUT2D eigenvalue weighted by molar-refractivity contribution is 0.769. The topological polar surface area (TPSA) is 6.48 Å². The summed E-state index contributed by atoms with van der Waals surface area (Å²) in [6, 6.07) is 129. The Bertz CT molecular complexity index is 4960. The van der Waals surface area contributed by atoms with Crippen molar-refractivity contribution in [2.24, 2.45) is 0 Å². The van der Waals surface area contributed by atoms with E-state index in [1.54, 1.807) is 0 Å². The fourth-order valence-electron chi connectivity index (χ4n) is 17.0. The molecule has 0 saturated carbocycles. The maximum atomic E-state index is 2.58. The van der Waals surface area contributed by atoms with Gasteiger partial charge in [-0.25, -0.2) is 0 Å². The van der Waals surface area contributed by atoms with Crippen LogP contribution >= 0.6 is 0 Å². The summed E-state index contributed by atoms with van der Waals surface area (Å²) in [6.07, 6.45) is 1.75. The molecule has 0 unspecified atom stereocenters. The zero-order valence-electron chi connectivity index (χ0n) is 50.6. The van der Waals surface area contributed by atoms with E-state index in [9.17, 15) is 0 Å². The number of rotatable bonds is 8. The summed E-state index contributed by atoms with van der Waals surface area (Å²) >= 11 is 0. The third-order valence-corrected chi connectivity index (χ3v) is 20.8. The minimum absolute atomic E-state index is 0.601. The standard InChI is InChI=1S/C90H60N2/c1-5-29-65(30-6-1)89(66-31-7-2-8-32-66)79-39-19-17-37-71(79)73-49-45-63(55-81(73)89)87-75-51-47-70(92-85-43-23-15-27-61(85)54-62-28-16-24-44-86(62)92)58-78(75)88(76-52-48-69(57-77(76)87)91-83-41-21-13-25-59(83)53-60-26-14-22-42-84(60)91)64-46-50-74-72-38-18-20-40-80(72)90(82(74)56-64,67-33-9-3-10-34-67)68-35-11-4-12-36-68/h1-52,55-58H,53-54H2. The number of nitrogens with zero attached hydrogens (tertiary/aromatic N) is 2. The van der Waals surface area contributed by atoms with Crippen molar-refractivity contribution in [3.05, 3.63) is 406 Å². The highest BCUT2D eigenvalue weighted by molar-refractivity contribution is 6.23. The van der Waals surface area contributed by atoms with Gasteiger partial charge in [-0.15, -0.1) is 0 Å². The van der Waals surface area contributed by atoms with E-state index < -0.39 is 10.8 Å².